The van der Waals surface area contributed by atoms with Gasteiger partial charge >= 0.3 is 0 Å². The Bertz CT molecular complexity index is 1010. The zero-order valence-corrected chi connectivity index (χ0v) is 14.0. The summed E-state index contributed by atoms with van der Waals surface area (Å²) in [6.45, 7) is 4.23. The standard InChI is InChI=1S/C19H18N2O4/c1-12-7-8-13(2)16(11-12)25-10-9-21-18(22)15-6-4-3-5-14(15)17(20-21)19(23)24/h3-8,11H,9-10H2,1-2H3,(H,23,24)/p-1. The lowest BCUT2D eigenvalue weighted by atomic mass is 10.1. The molecule has 6 nitrogen and oxygen atoms in total. The van der Waals surface area contributed by atoms with E-state index in [0.29, 0.717) is 5.39 Å². The number of fused-ring (bicyclic) bond motifs is 1. The van der Waals surface area contributed by atoms with Crippen molar-refractivity contribution in [3.63, 3.8) is 0 Å². The quantitative estimate of drug-likeness (QED) is 0.704. The molecule has 0 saturated carbocycles. The first-order valence-electron chi connectivity index (χ1n) is 7.88. The predicted octanol–water partition coefficient (Wildman–Crippen LogP) is 1.46. The lowest BCUT2D eigenvalue weighted by Gasteiger charge is -2.13. The van der Waals surface area contributed by atoms with Crippen LogP contribution in [0.4, 0.5) is 0 Å². The van der Waals surface area contributed by atoms with Crippen LogP contribution in [0.5, 0.6) is 5.75 Å². The van der Waals surface area contributed by atoms with Gasteiger partial charge in [0.15, 0.2) is 0 Å². The Labute approximate surface area is 144 Å². The molecule has 6 heteroatoms. The van der Waals surface area contributed by atoms with Crippen LogP contribution >= 0.6 is 0 Å². The van der Waals surface area contributed by atoms with Gasteiger partial charge in [-0.15, -0.1) is 0 Å². The van der Waals surface area contributed by atoms with Crippen molar-refractivity contribution >= 4 is 16.7 Å². The van der Waals surface area contributed by atoms with Gasteiger partial charge in [-0.25, -0.2) is 4.68 Å². The zero-order chi connectivity index (χ0) is 18.0. The van der Waals surface area contributed by atoms with Crippen molar-refractivity contribution in [2.75, 3.05) is 6.61 Å². The largest absolute Gasteiger partial charge is 0.543 e. The summed E-state index contributed by atoms with van der Waals surface area (Å²) in [6.07, 6.45) is 0. The number of aromatic carboxylic acids is 1. The molecule has 3 rings (SSSR count). The molecule has 0 N–H and O–H groups in total. The Morgan fingerprint density at radius 1 is 1.16 bits per heavy atom. The molecule has 2 aromatic carbocycles. The first kappa shape index (κ1) is 16.7. The van der Waals surface area contributed by atoms with Gasteiger partial charge in [-0.2, -0.15) is 5.10 Å². The van der Waals surface area contributed by atoms with Gasteiger partial charge in [0.05, 0.1) is 17.9 Å². The van der Waals surface area contributed by atoms with E-state index >= 15 is 0 Å². The number of hydrogen-bond acceptors (Lipinski definition) is 5. The van der Waals surface area contributed by atoms with Gasteiger partial charge in [0.1, 0.15) is 18.1 Å². The molecular formula is C19H17N2O4-. The number of benzene rings is 2. The molecule has 0 aliphatic heterocycles. The van der Waals surface area contributed by atoms with Crippen molar-refractivity contribution in [1.82, 2.24) is 9.78 Å². The van der Waals surface area contributed by atoms with E-state index < -0.39 is 5.97 Å². The minimum atomic E-state index is -1.42. The van der Waals surface area contributed by atoms with E-state index in [9.17, 15) is 14.7 Å². The second kappa shape index (κ2) is 6.76. The summed E-state index contributed by atoms with van der Waals surface area (Å²) in [4.78, 5) is 23.8. The third kappa shape index (κ3) is 3.38. The van der Waals surface area contributed by atoms with Crippen LogP contribution in [0.25, 0.3) is 10.8 Å². The van der Waals surface area contributed by atoms with Crippen molar-refractivity contribution in [2.24, 2.45) is 0 Å². The summed E-state index contributed by atoms with van der Waals surface area (Å²) in [5, 5.41) is 15.8. The van der Waals surface area contributed by atoms with Crippen LogP contribution in [0.15, 0.2) is 47.3 Å². The molecule has 0 saturated heterocycles. The average molecular weight is 337 g/mol. The molecule has 1 heterocycles. The summed E-state index contributed by atoms with van der Waals surface area (Å²) in [5.74, 6) is -0.686. The molecule has 0 atom stereocenters. The highest BCUT2D eigenvalue weighted by Gasteiger charge is 2.11. The van der Waals surface area contributed by atoms with Gasteiger partial charge in [0.25, 0.3) is 5.56 Å². The maximum absolute atomic E-state index is 12.5. The van der Waals surface area contributed by atoms with Gasteiger partial charge in [-0.05, 0) is 37.1 Å². The molecule has 128 valence electrons. The van der Waals surface area contributed by atoms with Crippen molar-refractivity contribution in [2.45, 2.75) is 20.4 Å². The summed E-state index contributed by atoms with van der Waals surface area (Å²) in [7, 11) is 0. The summed E-state index contributed by atoms with van der Waals surface area (Å²) < 4.78 is 6.84. The molecule has 0 spiro atoms. The Morgan fingerprint density at radius 3 is 2.60 bits per heavy atom. The smallest absolute Gasteiger partial charge is 0.274 e. The number of carbonyl (C=O) groups is 1. The Morgan fingerprint density at radius 2 is 1.88 bits per heavy atom. The maximum Gasteiger partial charge on any atom is 0.274 e. The van der Waals surface area contributed by atoms with E-state index in [-0.39, 0.29) is 29.8 Å². The van der Waals surface area contributed by atoms with Crippen LogP contribution in [0.2, 0.25) is 0 Å². The highest BCUT2D eigenvalue weighted by atomic mass is 16.5. The number of nitrogens with zero attached hydrogens (tertiary/aromatic N) is 2. The lowest BCUT2D eigenvalue weighted by molar-refractivity contribution is -0.255. The number of carboxylic acids is 1. The molecule has 1 aromatic heterocycles. The highest BCUT2D eigenvalue weighted by molar-refractivity contribution is 6.00. The SMILES string of the molecule is Cc1ccc(C)c(OCCn2nc(C(=O)[O-])c3ccccc3c2=O)c1. The maximum atomic E-state index is 12.5. The van der Waals surface area contributed by atoms with Crippen molar-refractivity contribution in [1.29, 1.82) is 0 Å². The summed E-state index contributed by atoms with van der Waals surface area (Å²) in [6, 6.07) is 12.3. The second-order valence-electron chi connectivity index (χ2n) is 5.83. The van der Waals surface area contributed by atoms with Crippen LogP contribution in [0.1, 0.15) is 21.6 Å². The number of ether oxygens (including phenoxy) is 1. The van der Waals surface area contributed by atoms with Crippen molar-refractivity contribution in [3.8, 4) is 5.75 Å². The molecular weight excluding hydrogens is 320 g/mol. The van der Waals surface area contributed by atoms with Gasteiger partial charge in [0, 0.05) is 5.39 Å². The zero-order valence-electron chi connectivity index (χ0n) is 14.0. The van der Waals surface area contributed by atoms with E-state index in [1.54, 1.807) is 24.3 Å². The Hall–Kier alpha value is -3.15. The number of hydrogen-bond donors (Lipinski definition) is 0. The Kier molecular flexibility index (Phi) is 4.52. The second-order valence-corrected chi connectivity index (χ2v) is 5.83. The summed E-state index contributed by atoms with van der Waals surface area (Å²) >= 11 is 0. The molecule has 3 aromatic rings. The van der Waals surface area contributed by atoms with Crippen LogP contribution < -0.4 is 15.4 Å². The number of aryl methyl sites for hydroxylation is 2. The predicted molar refractivity (Wildman–Crippen MR) is 91.7 cm³/mol. The fourth-order valence-electron chi connectivity index (χ4n) is 2.64. The van der Waals surface area contributed by atoms with Crippen LogP contribution in [-0.4, -0.2) is 22.4 Å². The number of aromatic nitrogens is 2. The highest BCUT2D eigenvalue weighted by Crippen LogP contribution is 2.19. The molecule has 0 aliphatic carbocycles. The van der Waals surface area contributed by atoms with Crippen LogP contribution in [0.3, 0.4) is 0 Å². The monoisotopic (exact) mass is 337 g/mol. The number of carboxylic acid groups (broad SMARTS) is 1. The molecule has 0 fully saturated rings. The topological polar surface area (TPSA) is 84.2 Å². The molecule has 0 amide bonds. The van der Waals surface area contributed by atoms with Gasteiger partial charge in [-0.3, -0.25) is 4.79 Å². The van der Waals surface area contributed by atoms with E-state index in [2.05, 4.69) is 5.10 Å². The van der Waals surface area contributed by atoms with Crippen LogP contribution in [-0.2, 0) is 6.54 Å². The van der Waals surface area contributed by atoms with E-state index in [0.717, 1.165) is 21.6 Å². The normalized spacial score (nSPS) is 10.8. The first-order chi connectivity index (χ1) is 12.0. The molecule has 0 radical (unpaired) electrons. The third-order valence-electron chi connectivity index (χ3n) is 3.97. The fourth-order valence-corrected chi connectivity index (χ4v) is 2.64. The Balaban J connectivity index is 1.89. The minimum Gasteiger partial charge on any atom is -0.543 e. The van der Waals surface area contributed by atoms with Crippen molar-refractivity contribution in [3.05, 3.63) is 69.6 Å². The average Bonchev–Trinajstić information content (AvgIpc) is 2.59. The fraction of sp³-hybridized carbons (Fsp3) is 0.211. The van der Waals surface area contributed by atoms with Gasteiger partial charge < -0.3 is 14.6 Å². The van der Waals surface area contributed by atoms with Crippen molar-refractivity contribution < 1.29 is 14.6 Å². The summed E-state index contributed by atoms with van der Waals surface area (Å²) in [5.41, 5.74) is 1.45. The van der Waals surface area contributed by atoms with Crippen LogP contribution in [0, 0.1) is 13.8 Å². The number of carbonyl (C=O) groups excluding carboxylic acids is 1. The number of rotatable bonds is 5. The van der Waals surface area contributed by atoms with Gasteiger partial charge in [-0.1, -0.05) is 30.3 Å². The minimum absolute atomic E-state index is 0.136. The van der Waals surface area contributed by atoms with E-state index in [4.69, 9.17) is 4.74 Å². The lowest BCUT2D eigenvalue weighted by Crippen LogP contribution is -2.32. The molecule has 25 heavy (non-hydrogen) atoms. The first-order valence-corrected chi connectivity index (χ1v) is 7.88. The van der Waals surface area contributed by atoms with E-state index in [1.165, 1.54) is 0 Å². The molecule has 0 unspecified atom stereocenters. The third-order valence-corrected chi connectivity index (χ3v) is 3.97. The van der Waals surface area contributed by atoms with E-state index in [1.807, 2.05) is 32.0 Å². The molecule has 0 aliphatic rings. The molecule has 0 bridgehead atoms. The van der Waals surface area contributed by atoms with Gasteiger partial charge in [0.2, 0.25) is 0 Å².